The maximum atomic E-state index is 11.8. The van der Waals surface area contributed by atoms with E-state index >= 15 is 0 Å². The van der Waals surface area contributed by atoms with Crippen LogP contribution in [0.3, 0.4) is 0 Å². The number of nitrogens with zero attached hydrogens (tertiary/aromatic N) is 2. The van der Waals surface area contributed by atoms with E-state index in [0.717, 1.165) is 13.0 Å². The molecule has 1 aromatic rings. The van der Waals surface area contributed by atoms with Gasteiger partial charge in [-0.05, 0) is 6.42 Å². The molecule has 1 heterocycles. The monoisotopic (exact) mass is 284 g/mol. The molecule has 0 aliphatic rings. The van der Waals surface area contributed by atoms with Gasteiger partial charge in [-0.25, -0.2) is 4.98 Å². The van der Waals surface area contributed by atoms with Crippen molar-refractivity contribution in [1.29, 1.82) is 0 Å². The first-order valence-corrected chi connectivity index (χ1v) is 7.85. The van der Waals surface area contributed by atoms with Crippen LogP contribution in [0.15, 0.2) is 12.4 Å². The number of anilines is 1. The Labute approximate surface area is 115 Å². The quantitative estimate of drug-likeness (QED) is 0.737. The third-order valence-corrected chi connectivity index (χ3v) is 3.66. The van der Waals surface area contributed by atoms with Gasteiger partial charge in [-0.1, -0.05) is 13.8 Å². The summed E-state index contributed by atoms with van der Waals surface area (Å²) in [6, 6.07) is 0. The van der Waals surface area contributed by atoms with E-state index in [1.807, 2.05) is 13.8 Å². The van der Waals surface area contributed by atoms with Crippen LogP contribution in [-0.4, -0.2) is 44.7 Å². The normalized spacial score (nSPS) is 11.9. The highest BCUT2D eigenvalue weighted by Gasteiger charge is 2.08. The number of hydrogen-bond acceptors (Lipinski definition) is 5. The van der Waals surface area contributed by atoms with Gasteiger partial charge >= 0.3 is 0 Å². The van der Waals surface area contributed by atoms with Crippen LogP contribution in [-0.2, 0) is 10.8 Å². The lowest BCUT2D eigenvalue weighted by Crippen LogP contribution is -2.29. The summed E-state index contributed by atoms with van der Waals surface area (Å²) in [6.45, 7) is 5.07. The molecular weight excluding hydrogens is 264 g/mol. The Bertz CT molecular complexity index is 439. The Hall–Kier alpha value is -1.50. The SMILES string of the molecule is CCCNc1cncc(C(=O)NCCS(=O)CC)n1. The van der Waals surface area contributed by atoms with Crippen LogP contribution in [0.1, 0.15) is 30.8 Å². The molecule has 2 N–H and O–H groups in total. The van der Waals surface area contributed by atoms with Gasteiger partial charge < -0.3 is 10.6 Å². The Morgan fingerprint density at radius 1 is 1.32 bits per heavy atom. The third-order valence-electron chi connectivity index (χ3n) is 2.36. The summed E-state index contributed by atoms with van der Waals surface area (Å²) in [4.78, 5) is 19.9. The van der Waals surface area contributed by atoms with Gasteiger partial charge in [0.15, 0.2) is 0 Å². The maximum Gasteiger partial charge on any atom is 0.271 e. The summed E-state index contributed by atoms with van der Waals surface area (Å²) < 4.78 is 11.2. The van der Waals surface area contributed by atoms with E-state index in [0.29, 0.717) is 23.9 Å². The lowest BCUT2D eigenvalue weighted by atomic mass is 10.4. The van der Waals surface area contributed by atoms with Crippen LogP contribution in [0.4, 0.5) is 5.82 Å². The molecule has 1 amide bonds. The van der Waals surface area contributed by atoms with E-state index in [4.69, 9.17) is 0 Å². The van der Waals surface area contributed by atoms with E-state index in [1.165, 1.54) is 6.20 Å². The number of amides is 1. The molecule has 1 aromatic heterocycles. The lowest BCUT2D eigenvalue weighted by molar-refractivity contribution is 0.0951. The van der Waals surface area contributed by atoms with Crippen molar-refractivity contribution >= 4 is 22.5 Å². The molecule has 0 fully saturated rings. The molecule has 6 nitrogen and oxygen atoms in total. The number of carbonyl (C=O) groups excluding carboxylic acids is 1. The van der Waals surface area contributed by atoms with Gasteiger partial charge in [0.1, 0.15) is 11.5 Å². The van der Waals surface area contributed by atoms with Gasteiger partial charge in [0.25, 0.3) is 5.91 Å². The van der Waals surface area contributed by atoms with Gasteiger partial charge in [-0.15, -0.1) is 0 Å². The average molecular weight is 284 g/mol. The highest BCUT2D eigenvalue weighted by molar-refractivity contribution is 7.84. The van der Waals surface area contributed by atoms with Crippen LogP contribution >= 0.6 is 0 Å². The van der Waals surface area contributed by atoms with Gasteiger partial charge in [-0.3, -0.25) is 14.0 Å². The highest BCUT2D eigenvalue weighted by Crippen LogP contribution is 2.02. The van der Waals surface area contributed by atoms with Gasteiger partial charge in [-0.2, -0.15) is 0 Å². The minimum Gasteiger partial charge on any atom is -0.369 e. The number of carbonyl (C=O) groups is 1. The minimum absolute atomic E-state index is 0.267. The fourth-order valence-corrected chi connectivity index (χ4v) is 1.95. The molecular formula is C12H20N4O2S. The zero-order valence-corrected chi connectivity index (χ0v) is 12.1. The number of nitrogens with one attached hydrogen (secondary N) is 2. The number of aromatic nitrogens is 2. The summed E-state index contributed by atoms with van der Waals surface area (Å²) >= 11 is 0. The van der Waals surface area contributed by atoms with Crippen LogP contribution < -0.4 is 10.6 Å². The zero-order chi connectivity index (χ0) is 14.1. The molecule has 0 aromatic carbocycles. The molecule has 19 heavy (non-hydrogen) atoms. The molecule has 0 aliphatic heterocycles. The standard InChI is InChI=1S/C12H20N4O2S/c1-3-5-14-11-9-13-8-10(16-11)12(17)15-6-7-19(18)4-2/h8-9H,3-7H2,1-2H3,(H,14,16)(H,15,17). The first-order valence-electron chi connectivity index (χ1n) is 6.36. The van der Waals surface area contributed by atoms with Crippen LogP contribution in [0.25, 0.3) is 0 Å². The van der Waals surface area contributed by atoms with E-state index in [9.17, 15) is 9.00 Å². The molecule has 0 saturated carbocycles. The largest absolute Gasteiger partial charge is 0.369 e. The fraction of sp³-hybridized carbons (Fsp3) is 0.583. The fourth-order valence-electron chi connectivity index (χ4n) is 1.33. The van der Waals surface area contributed by atoms with E-state index in [1.54, 1.807) is 6.20 Å². The summed E-state index contributed by atoms with van der Waals surface area (Å²) in [5.74, 6) is 1.36. The van der Waals surface area contributed by atoms with E-state index in [-0.39, 0.29) is 11.6 Å². The van der Waals surface area contributed by atoms with Crippen molar-refractivity contribution in [3.63, 3.8) is 0 Å². The smallest absolute Gasteiger partial charge is 0.271 e. The molecule has 1 atom stereocenters. The molecule has 106 valence electrons. The van der Waals surface area contributed by atoms with Crippen LogP contribution in [0, 0.1) is 0 Å². The zero-order valence-electron chi connectivity index (χ0n) is 11.3. The molecule has 0 aliphatic carbocycles. The van der Waals surface area contributed by atoms with Crippen molar-refractivity contribution < 1.29 is 9.00 Å². The summed E-state index contributed by atoms with van der Waals surface area (Å²) in [5.41, 5.74) is 0.267. The molecule has 1 rings (SSSR count). The van der Waals surface area contributed by atoms with Crippen molar-refractivity contribution in [3.05, 3.63) is 18.1 Å². The Balaban J connectivity index is 2.49. The predicted octanol–water partition coefficient (Wildman–Crippen LogP) is 0.797. The highest BCUT2D eigenvalue weighted by atomic mass is 32.2. The Kier molecular flexibility index (Phi) is 7.02. The van der Waals surface area contributed by atoms with E-state index < -0.39 is 10.8 Å². The molecule has 0 saturated heterocycles. The maximum absolute atomic E-state index is 11.8. The molecule has 7 heteroatoms. The van der Waals surface area contributed by atoms with Crippen molar-refractivity contribution in [3.8, 4) is 0 Å². The summed E-state index contributed by atoms with van der Waals surface area (Å²) in [6.07, 6.45) is 3.97. The summed E-state index contributed by atoms with van der Waals surface area (Å²) in [7, 11) is -0.872. The van der Waals surface area contributed by atoms with Crippen molar-refractivity contribution in [2.24, 2.45) is 0 Å². The van der Waals surface area contributed by atoms with Crippen molar-refractivity contribution in [1.82, 2.24) is 15.3 Å². The van der Waals surface area contributed by atoms with Gasteiger partial charge in [0, 0.05) is 35.4 Å². The lowest BCUT2D eigenvalue weighted by Gasteiger charge is -2.06. The summed E-state index contributed by atoms with van der Waals surface area (Å²) in [5, 5.41) is 5.76. The van der Waals surface area contributed by atoms with Crippen molar-refractivity contribution in [2.75, 3.05) is 29.9 Å². The van der Waals surface area contributed by atoms with Gasteiger partial charge in [0.2, 0.25) is 0 Å². The predicted molar refractivity (Wildman–Crippen MR) is 76.7 cm³/mol. The second-order valence-electron chi connectivity index (χ2n) is 3.90. The first-order chi connectivity index (χ1) is 9.17. The van der Waals surface area contributed by atoms with Crippen LogP contribution in [0.5, 0.6) is 0 Å². The second kappa shape index (κ2) is 8.58. The number of rotatable bonds is 8. The average Bonchev–Trinajstić information content (AvgIpc) is 2.45. The molecule has 0 spiro atoms. The van der Waals surface area contributed by atoms with Crippen LogP contribution in [0.2, 0.25) is 0 Å². The first kappa shape index (κ1) is 15.6. The third kappa shape index (κ3) is 5.78. The molecule has 0 radical (unpaired) electrons. The topological polar surface area (TPSA) is 84.0 Å². The minimum atomic E-state index is -0.872. The molecule has 1 unspecified atom stereocenters. The second-order valence-corrected chi connectivity index (χ2v) is 5.77. The molecule has 0 bridgehead atoms. The Morgan fingerprint density at radius 2 is 2.11 bits per heavy atom. The number of hydrogen-bond donors (Lipinski definition) is 2. The van der Waals surface area contributed by atoms with Crippen molar-refractivity contribution in [2.45, 2.75) is 20.3 Å². The van der Waals surface area contributed by atoms with Gasteiger partial charge in [0.05, 0.1) is 12.4 Å². The van der Waals surface area contributed by atoms with E-state index in [2.05, 4.69) is 20.6 Å². The Morgan fingerprint density at radius 3 is 2.79 bits per heavy atom.